The Balaban J connectivity index is 1.46. The van der Waals surface area contributed by atoms with Crippen LogP contribution in [0.4, 0.5) is 4.79 Å². The zero-order chi connectivity index (χ0) is 22.6. The summed E-state index contributed by atoms with van der Waals surface area (Å²) in [4.78, 5) is 17.6. The number of carbonyl (C=O) groups excluding carboxylic acids is 1. The van der Waals surface area contributed by atoms with Crippen LogP contribution in [0.2, 0.25) is 0 Å². The number of benzene rings is 3. The molecule has 5 nitrogen and oxygen atoms in total. The van der Waals surface area contributed by atoms with Gasteiger partial charge < -0.3 is 14.3 Å². The highest BCUT2D eigenvalue weighted by Crippen LogP contribution is 2.31. The summed E-state index contributed by atoms with van der Waals surface area (Å²) in [6.07, 6.45) is 0.0406. The molecule has 3 aromatic carbocycles. The average Bonchev–Trinajstić information content (AvgIpc) is 2.77. The Kier molecular flexibility index (Phi) is 6.77. The lowest BCUT2D eigenvalue weighted by atomic mass is 9.87. The van der Waals surface area contributed by atoms with E-state index in [1.54, 1.807) is 5.06 Å². The molecule has 1 fully saturated rings. The Morgan fingerprint density at radius 2 is 1.69 bits per heavy atom. The molecule has 0 N–H and O–H groups in total. The summed E-state index contributed by atoms with van der Waals surface area (Å²) in [5.41, 5.74) is 1.78. The van der Waals surface area contributed by atoms with Crippen LogP contribution in [0.1, 0.15) is 44.2 Å². The third-order valence-corrected chi connectivity index (χ3v) is 5.62. The van der Waals surface area contributed by atoms with Gasteiger partial charge in [0.05, 0.1) is 19.3 Å². The van der Waals surface area contributed by atoms with E-state index in [2.05, 4.69) is 54.6 Å². The quantitative estimate of drug-likeness (QED) is 0.456. The standard InChI is InChI=1S/C27H31NO4/c1-27(2,3)31-26(29)32-28-16-15-24(22-10-5-4-6-11-22)25(18-28)30-19-20-13-14-21-9-7-8-12-23(21)17-20/h4-14,17,24-25H,15-16,18-19H2,1-3H3. The van der Waals surface area contributed by atoms with E-state index in [0.717, 1.165) is 12.0 Å². The molecule has 1 heterocycles. The van der Waals surface area contributed by atoms with Gasteiger partial charge in [0.2, 0.25) is 0 Å². The van der Waals surface area contributed by atoms with Crippen molar-refractivity contribution in [2.45, 2.75) is 51.4 Å². The van der Waals surface area contributed by atoms with Gasteiger partial charge in [-0.1, -0.05) is 66.7 Å². The summed E-state index contributed by atoms with van der Waals surface area (Å²) in [5, 5.41) is 4.08. The molecular weight excluding hydrogens is 402 g/mol. The number of carbonyl (C=O) groups is 1. The minimum absolute atomic E-state index is 0.111. The molecule has 0 spiro atoms. The Morgan fingerprint density at radius 1 is 0.969 bits per heavy atom. The number of rotatable bonds is 5. The molecule has 0 aliphatic carbocycles. The van der Waals surface area contributed by atoms with E-state index in [0.29, 0.717) is 19.7 Å². The van der Waals surface area contributed by atoms with Crippen molar-refractivity contribution in [2.75, 3.05) is 13.1 Å². The lowest BCUT2D eigenvalue weighted by Gasteiger charge is -2.37. The fourth-order valence-corrected chi connectivity index (χ4v) is 4.13. The Hall–Kier alpha value is -2.89. The largest absolute Gasteiger partial charge is 0.528 e. The molecule has 0 saturated carbocycles. The second-order valence-electron chi connectivity index (χ2n) is 9.28. The van der Waals surface area contributed by atoms with Crippen LogP contribution >= 0.6 is 0 Å². The summed E-state index contributed by atoms with van der Waals surface area (Å²) in [7, 11) is 0. The first-order chi connectivity index (χ1) is 15.4. The van der Waals surface area contributed by atoms with Crippen LogP contribution in [0, 0.1) is 0 Å². The number of nitrogens with zero attached hydrogens (tertiary/aromatic N) is 1. The van der Waals surface area contributed by atoms with Gasteiger partial charge in [-0.3, -0.25) is 0 Å². The van der Waals surface area contributed by atoms with Gasteiger partial charge in [0.1, 0.15) is 5.60 Å². The van der Waals surface area contributed by atoms with Crippen molar-refractivity contribution < 1.29 is 19.1 Å². The molecule has 3 aromatic rings. The van der Waals surface area contributed by atoms with Gasteiger partial charge in [0.25, 0.3) is 0 Å². The van der Waals surface area contributed by atoms with E-state index in [9.17, 15) is 4.79 Å². The number of fused-ring (bicyclic) bond motifs is 1. The zero-order valence-corrected chi connectivity index (χ0v) is 19.0. The summed E-state index contributed by atoms with van der Waals surface area (Å²) in [5.74, 6) is 0.232. The fourth-order valence-electron chi connectivity index (χ4n) is 4.13. The third-order valence-electron chi connectivity index (χ3n) is 5.62. The number of hydrogen-bond donors (Lipinski definition) is 0. The molecule has 0 aromatic heterocycles. The monoisotopic (exact) mass is 433 g/mol. The van der Waals surface area contributed by atoms with Gasteiger partial charge in [-0.05, 0) is 55.2 Å². The van der Waals surface area contributed by atoms with E-state index in [-0.39, 0.29) is 12.0 Å². The van der Waals surface area contributed by atoms with Gasteiger partial charge >= 0.3 is 6.16 Å². The maximum atomic E-state index is 12.2. The molecular formula is C27H31NO4. The van der Waals surface area contributed by atoms with Crippen molar-refractivity contribution in [3.8, 4) is 0 Å². The molecule has 2 unspecified atom stereocenters. The number of ether oxygens (including phenoxy) is 2. The van der Waals surface area contributed by atoms with Crippen LogP contribution < -0.4 is 0 Å². The predicted molar refractivity (Wildman–Crippen MR) is 125 cm³/mol. The third kappa shape index (κ3) is 5.87. The predicted octanol–water partition coefficient (Wildman–Crippen LogP) is 6.08. The van der Waals surface area contributed by atoms with Crippen molar-refractivity contribution in [1.29, 1.82) is 0 Å². The second kappa shape index (κ2) is 9.72. The molecule has 1 aliphatic rings. The molecule has 2 atom stereocenters. The lowest BCUT2D eigenvalue weighted by Crippen LogP contribution is -2.45. The van der Waals surface area contributed by atoms with E-state index in [1.807, 2.05) is 39.0 Å². The molecule has 0 amide bonds. The van der Waals surface area contributed by atoms with E-state index >= 15 is 0 Å². The van der Waals surface area contributed by atoms with Crippen LogP contribution in [0.3, 0.4) is 0 Å². The first kappa shape index (κ1) is 22.3. The number of piperidine rings is 1. The molecule has 0 bridgehead atoms. The molecule has 1 saturated heterocycles. The summed E-state index contributed by atoms with van der Waals surface area (Å²) in [6.45, 7) is 7.10. The first-order valence-electron chi connectivity index (χ1n) is 11.2. The average molecular weight is 434 g/mol. The van der Waals surface area contributed by atoms with Gasteiger partial charge in [-0.2, -0.15) is 0 Å². The molecule has 32 heavy (non-hydrogen) atoms. The van der Waals surface area contributed by atoms with Crippen molar-refractivity contribution in [1.82, 2.24) is 5.06 Å². The summed E-state index contributed by atoms with van der Waals surface area (Å²) < 4.78 is 11.7. The highest BCUT2D eigenvalue weighted by molar-refractivity contribution is 5.82. The Labute approximate surface area is 189 Å². The summed E-state index contributed by atoms with van der Waals surface area (Å²) >= 11 is 0. The molecule has 168 valence electrons. The Morgan fingerprint density at radius 3 is 2.44 bits per heavy atom. The molecule has 1 aliphatic heterocycles. The van der Waals surface area contributed by atoms with E-state index < -0.39 is 11.8 Å². The molecule has 4 rings (SSSR count). The highest BCUT2D eigenvalue weighted by Gasteiger charge is 2.33. The van der Waals surface area contributed by atoms with Gasteiger partial charge in [0, 0.05) is 12.5 Å². The molecule has 0 radical (unpaired) electrons. The number of hydrogen-bond acceptors (Lipinski definition) is 5. The minimum Gasteiger partial charge on any atom is -0.427 e. The normalized spacial score (nSPS) is 19.6. The van der Waals surface area contributed by atoms with Gasteiger partial charge in [-0.15, -0.1) is 5.06 Å². The topological polar surface area (TPSA) is 48.0 Å². The van der Waals surface area contributed by atoms with E-state index in [1.165, 1.54) is 16.3 Å². The Bertz CT molecular complexity index is 1040. The maximum Gasteiger partial charge on any atom is 0.528 e. The summed E-state index contributed by atoms with van der Waals surface area (Å²) in [6, 6.07) is 25.1. The van der Waals surface area contributed by atoms with Crippen LogP contribution in [0.5, 0.6) is 0 Å². The minimum atomic E-state index is -0.677. The van der Waals surface area contributed by atoms with Crippen molar-refractivity contribution in [3.63, 3.8) is 0 Å². The SMILES string of the molecule is CC(C)(C)OC(=O)ON1CCC(c2ccccc2)C(OCc2ccc3ccccc3c2)C1. The molecule has 5 heteroatoms. The van der Waals surface area contributed by atoms with Crippen LogP contribution in [-0.4, -0.2) is 36.0 Å². The fraction of sp³-hybridized carbons (Fsp3) is 0.370. The van der Waals surface area contributed by atoms with Gasteiger partial charge in [0.15, 0.2) is 0 Å². The maximum absolute atomic E-state index is 12.2. The smallest absolute Gasteiger partial charge is 0.427 e. The van der Waals surface area contributed by atoms with Crippen molar-refractivity contribution in [3.05, 3.63) is 83.9 Å². The number of hydroxylamine groups is 2. The highest BCUT2D eigenvalue weighted by atomic mass is 16.8. The first-order valence-corrected chi connectivity index (χ1v) is 11.2. The van der Waals surface area contributed by atoms with Gasteiger partial charge in [-0.25, -0.2) is 4.79 Å². The second-order valence-corrected chi connectivity index (χ2v) is 9.28. The van der Waals surface area contributed by atoms with Crippen LogP contribution in [0.15, 0.2) is 72.8 Å². The van der Waals surface area contributed by atoms with Crippen LogP contribution in [-0.2, 0) is 20.9 Å². The van der Waals surface area contributed by atoms with E-state index in [4.69, 9.17) is 14.3 Å². The van der Waals surface area contributed by atoms with Crippen LogP contribution in [0.25, 0.3) is 10.8 Å². The zero-order valence-electron chi connectivity index (χ0n) is 19.0. The van der Waals surface area contributed by atoms with Crippen molar-refractivity contribution in [2.24, 2.45) is 0 Å². The van der Waals surface area contributed by atoms with Crippen molar-refractivity contribution >= 4 is 16.9 Å². The lowest BCUT2D eigenvalue weighted by molar-refractivity contribution is -0.179.